The summed E-state index contributed by atoms with van der Waals surface area (Å²) in [6, 6.07) is 5.86. The number of aryl methyl sites for hydroxylation is 1. The average Bonchev–Trinajstić information content (AvgIpc) is 3.22. The van der Waals surface area contributed by atoms with Crippen molar-refractivity contribution in [3.05, 3.63) is 34.0 Å². The fourth-order valence-electron chi connectivity index (χ4n) is 2.70. The van der Waals surface area contributed by atoms with Crippen molar-refractivity contribution in [3.8, 4) is 0 Å². The molecule has 0 bridgehead atoms. The van der Waals surface area contributed by atoms with E-state index in [0.717, 1.165) is 40.5 Å². The first-order valence-corrected chi connectivity index (χ1v) is 8.37. The molecule has 0 aliphatic heterocycles. The summed E-state index contributed by atoms with van der Waals surface area (Å²) in [5, 5.41) is 1.01. The second-order valence-corrected chi connectivity index (χ2v) is 6.81. The Hall–Kier alpha value is -1.29. The minimum atomic E-state index is 0.0357. The van der Waals surface area contributed by atoms with Gasteiger partial charge in [-0.05, 0) is 50.3 Å². The maximum atomic E-state index is 12.8. The number of hydrogen-bond donors (Lipinski definition) is 0. The smallest absolute Gasteiger partial charge is 0.289 e. The minimum Gasteiger partial charge on any atom is -0.451 e. The van der Waals surface area contributed by atoms with Crippen LogP contribution in [-0.2, 0) is 0 Å². The van der Waals surface area contributed by atoms with Gasteiger partial charge >= 0.3 is 0 Å². The highest BCUT2D eigenvalue weighted by atomic mass is 79.9. The summed E-state index contributed by atoms with van der Waals surface area (Å²) in [7, 11) is 0. The summed E-state index contributed by atoms with van der Waals surface area (Å²) in [6.07, 6.45) is 3.47. The van der Waals surface area contributed by atoms with Crippen molar-refractivity contribution in [2.24, 2.45) is 5.92 Å². The third kappa shape index (κ3) is 3.00. The summed E-state index contributed by atoms with van der Waals surface area (Å²) in [5.74, 6) is 1.23. The lowest BCUT2D eigenvalue weighted by Crippen LogP contribution is -2.33. The van der Waals surface area contributed by atoms with Crippen LogP contribution in [0.1, 0.15) is 42.3 Å². The second-order valence-electron chi connectivity index (χ2n) is 5.89. The average molecular weight is 350 g/mol. The third-order valence-electron chi connectivity index (χ3n) is 4.05. The fourth-order valence-corrected chi connectivity index (χ4v) is 3.06. The molecule has 2 aromatic rings. The molecule has 0 atom stereocenters. The standard InChI is InChI=1S/C17H20BrNO2/c1-3-8-19(10-12-4-5-12)17(20)16-11(2)14-9-13(18)6-7-15(14)21-16/h6-7,9,12H,3-5,8,10H2,1-2H3. The number of hydrogen-bond acceptors (Lipinski definition) is 2. The first kappa shape index (κ1) is 14.6. The maximum absolute atomic E-state index is 12.8. The number of carbonyl (C=O) groups excluding carboxylic acids is 1. The molecule has 1 aromatic carbocycles. The van der Waals surface area contributed by atoms with Gasteiger partial charge in [0.1, 0.15) is 5.58 Å². The van der Waals surface area contributed by atoms with Crippen LogP contribution in [-0.4, -0.2) is 23.9 Å². The third-order valence-corrected chi connectivity index (χ3v) is 4.54. The van der Waals surface area contributed by atoms with Crippen LogP contribution in [0.3, 0.4) is 0 Å². The molecule has 1 saturated carbocycles. The van der Waals surface area contributed by atoms with Gasteiger partial charge in [0.2, 0.25) is 0 Å². The molecule has 1 aliphatic carbocycles. The Morgan fingerprint density at radius 1 is 1.43 bits per heavy atom. The molecular weight excluding hydrogens is 330 g/mol. The summed E-state index contributed by atoms with van der Waals surface area (Å²) < 4.78 is 6.83. The summed E-state index contributed by atoms with van der Waals surface area (Å²) >= 11 is 3.47. The first-order valence-electron chi connectivity index (χ1n) is 7.58. The number of carbonyl (C=O) groups is 1. The van der Waals surface area contributed by atoms with Crippen LogP contribution in [0.2, 0.25) is 0 Å². The molecule has 112 valence electrons. The molecule has 1 heterocycles. The van der Waals surface area contributed by atoms with Gasteiger partial charge in [0.05, 0.1) is 0 Å². The molecular formula is C17H20BrNO2. The molecule has 1 aliphatic rings. The van der Waals surface area contributed by atoms with E-state index in [1.54, 1.807) is 0 Å². The number of halogens is 1. The molecule has 0 N–H and O–H groups in total. The normalized spacial score (nSPS) is 14.6. The van der Waals surface area contributed by atoms with E-state index < -0.39 is 0 Å². The van der Waals surface area contributed by atoms with E-state index >= 15 is 0 Å². The highest BCUT2D eigenvalue weighted by molar-refractivity contribution is 9.10. The van der Waals surface area contributed by atoms with E-state index in [2.05, 4.69) is 22.9 Å². The Bertz CT molecular complexity index is 673. The molecule has 0 radical (unpaired) electrons. The zero-order chi connectivity index (χ0) is 15.0. The molecule has 4 heteroatoms. The van der Waals surface area contributed by atoms with Gasteiger partial charge in [-0.15, -0.1) is 0 Å². The maximum Gasteiger partial charge on any atom is 0.289 e. The molecule has 1 amide bonds. The van der Waals surface area contributed by atoms with Crippen LogP contribution in [0.25, 0.3) is 11.0 Å². The van der Waals surface area contributed by atoms with Gasteiger partial charge in [0, 0.05) is 28.5 Å². The van der Waals surface area contributed by atoms with Gasteiger partial charge < -0.3 is 9.32 Å². The monoisotopic (exact) mass is 349 g/mol. The lowest BCUT2D eigenvalue weighted by molar-refractivity contribution is 0.0717. The van der Waals surface area contributed by atoms with E-state index in [-0.39, 0.29) is 5.91 Å². The van der Waals surface area contributed by atoms with Crippen molar-refractivity contribution in [1.29, 1.82) is 0 Å². The van der Waals surface area contributed by atoms with Crippen LogP contribution in [0, 0.1) is 12.8 Å². The number of nitrogens with zero attached hydrogens (tertiary/aromatic N) is 1. The lowest BCUT2D eigenvalue weighted by Gasteiger charge is -2.21. The number of furan rings is 1. The predicted octanol–water partition coefficient (Wildman–Crippen LogP) is 4.77. The summed E-state index contributed by atoms with van der Waals surface area (Å²) in [6.45, 7) is 5.74. The van der Waals surface area contributed by atoms with E-state index in [1.165, 1.54) is 12.8 Å². The molecule has 1 aromatic heterocycles. The highest BCUT2D eigenvalue weighted by Gasteiger charge is 2.29. The van der Waals surface area contributed by atoms with E-state index in [1.807, 2.05) is 30.0 Å². The topological polar surface area (TPSA) is 33.5 Å². The zero-order valence-electron chi connectivity index (χ0n) is 12.5. The molecule has 0 unspecified atom stereocenters. The van der Waals surface area contributed by atoms with Crippen molar-refractivity contribution < 1.29 is 9.21 Å². The molecule has 1 fully saturated rings. The Kier molecular flexibility index (Phi) is 4.07. The van der Waals surface area contributed by atoms with Crippen LogP contribution >= 0.6 is 15.9 Å². The number of amides is 1. The van der Waals surface area contributed by atoms with Crippen molar-refractivity contribution in [2.75, 3.05) is 13.1 Å². The Labute approximate surface area is 133 Å². The predicted molar refractivity (Wildman–Crippen MR) is 87.6 cm³/mol. The van der Waals surface area contributed by atoms with Crippen LogP contribution in [0.5, 0.6) is 0 Å². The Balaban J connectivity index is 1.93. The Morgan fingerprint density at radius 2 is 2.19 bits per heavy atom. The van der Waals surface area contributed by atoms with Crippen molar-refractivity contribution in [3.63, 3.8) is 0 Å². The van der Waals surface area contributed by atoms with Crippen LogP contribution < -0.4 is 0 Å². The van der Waals surface area contributed by atoms with E-state index in [9.17, 15) is 4.79 Å². The molecule has 0 spiro atoms. The summed E-state index contributed by atoms with van der Waals surface area (Å²) in [5.41, 5.74) is 1.72. The lowest BCUT2D eigenvalue weighted by atomic mass is 10.1. The number of rotatable bonds is 5. The van der Waals surface area contributed by atoms with E-state index in [4.69, 9.17) is 4.42 Å². The fraction of sp³-hybridized carbons (Fsp3) is 0.471. The highest BCUT2D eigenvalue weighted by Crippen LogP contribution is 2.32. The van der Waals surface area contributed by atoms with E-state index in [0.29, 0.717) is 11.7 Å². The number of fused-ring (bicyclic) bond motifs is 1. The zero-order valence-corrected chi connectivity index (χ0v) is 14.1. The minimum absolute atomic E-state index is 0.0357. The van der Waals surface area contributed by atoms with Crippen LogP contribution in [0.15, 0.2) is 27.1 Å². The molecule has 0 saturated heterocycles. The number of benzene rings is 1. The van der Waals surface area contributed by atoms with Crippen molar-refractivity contribution in [2.45, 2.75) is 33.1 Å². The molecule has 3 nitrogen and oxygen atoms in total. The van der Waals surface area contributed by atoms with Gasteiger partial charge in [0.15, 0.2) is 5.76 Å². The largest absolute Gasteiger partial charge is 0.451 e. The second kappa shape index (κ2) is 5.84. The SMILES string of the molecule is CCCN(CC1CC1)C(=O)c1oc2ccc(Br)cc2c1C. The molecule has 3 rings (SSSR count). The van der Waals surface area contributed by atoms with Crippen LogP contribution in [0.4, 0.5) is 0 Å². The van der Waals surface area contributed by atoms with Gasteiger partial charge in [0.25, 0.3) is 5.91 Å². The van der Waals surface area contributed by atoms with Crippen molar-refractivity contribution >= 4 is 32.8 Å². The quantitative estimate of drug-likeness (QED) is 0.779. The van der Waals surface area contributed by atoms with Gasteiger partial charge in [-0.1, -0.05) is 22.9 Å². The van der Waals surface area contributed by atoms with Crippen molar-refractivity contribution in [1.82, 2.24) is 4.90 Å². The first-order chi connectivity index (χ1) is 10.1. The van der Waals surface area contributed by atoms with Gasteiger partial charge in [-0.25, -0.2) is 0 Å². The summed E-state index contributed by atoms with van der Waals surface area (Å²) in [4.78, 5) is 14.7. The van der Waals surface area contributed by atoms with Gasteiger partial charge in [-0.3, -0.25) is 4.79 Å². The molecule has 21 heavy (non-hydrogen) atoms. The van der Waals surface area contributed by atoms with Gasteiger partial charge in [-0.2, -0.15) is 0 Å². The Morgan fingerprint density at radius 3 is 2.86 bits per heavy atom.